The fourth-order valence-corrected chi connectivity index (χ4v) is 4.50. The van der Waals surface area contributed by atoms with Crippen LogP contribution in [-0.2, 0) is 20.0 Å². The Balaban J connectivity index is 1.53. The molecule has 4 nitrogen and oxygen atoms in total. The van der Waals surface area contributed by atoms with Crippen molar-refractivity contribution in [2.24, 2.45) is 7.05 Å². The third-order valence-corrected chi connectivity index (χ3v) is 5.86. The summed E-state index contributed by atoms with van der Waals surface area (Å²) >= 11 is 0. The SMILES string of the molecule is Cc1c2c(cc3c4ccccc4n(C)c13)CN(C(=O)Oc1ccccc1)CC2. The molecule has 1 aliphatic heterocycles. The number of hydrogen-bond acceptors (Lipinski definition) is 2. The van der Waals surface area contributed by atoms with Gasteiger partial charge in [0.1, 0.15) is 5.75 Å². The number of fused-ring (bicyclic) bond motifs is 4. The number of amides is 1. The zero-order chi connectivity index (χ0) is 19.3. The molecular formula is C24H22N2O2. The number of carbonyl (C=O) groups is 1. The normalized spacial score (nSPS) is 13.7. The van der Waals surface area contributed by atoms with Crippen LogP contribution in [0, 0.1) is 6.92 Å². The summed E-state index contributed by atoms with van der Waals surface area (Å²) in [6, 6.07) is 20.0. The van der Waals surface area contributed by atoms with Gasteiger partial charge in [0.2, 0.25) is 0 Å². The number of aromatic nitrogens is 1. The number of ether oxygens (including phenoxy) is 1. The van der Waals surface area contributed by atoms with Crippen molar-refractivity contribution in [1.82, 2.24) is 9.47 Å². The minimum absolute atomic E-state index is 0.285. The molecule has 0 spiro atoms. The Morgan fingerprint density at radius 1 is 1.00 bits per heavy atom. The summed E-state index contributed by atoms with van der Waals surface area (Å²) in [5.41, 5.74) is 6.44. The maximum atomic E-state index is 12.6. The van der Waals surface area contributed by atoms with E-state index < -0.39 is 0 Å². The zero-order valence-corrected chi connectivity index (χ0v) is 16.1. The highest BCUT2D eigenvalue weighted by atomic mass is 16.6. The molecule has 0 unspecified atom stereocenters. The highest BCUT2D eigenvalue weighted by molar-refractivity contribution is 6.09. The predicted octanol–water partition coefficient (Wildman–Crippen LogP) is 5.20. The van der Waals surface area contributed by atoms with E-state index in [4.69, 9.17) is 4.74 Å². The molecule has 0 fully saturated rings. The fraction of sp³-hybridized carbons (Fsp3) is 0.208. The van der Waals surface area contributed by atoms with E-state index >= 15 is 0 Å². The molecule has 4 heteroatoms. The Kier molecular flexibility index (Phi) is 3.86. The van der Waals surface area contributed by atoms with Crippen LogP contribution in [-0.4, -0.2) is 22.1 Å². The van der Waals surface area contributed by atoms with Crippen LogP contribution in [0.25, 0.3) is 21.8 Å². The van der Waals surface area contributed by atoms with Crippen LogP contribution in [0.3, 0.4) is 0 Å². The van der Waals surface area contributed by atoms with E-state index in [1.807, 2.05) is 18.2 Å². The summed E-state index contributed by atoms with van der Waals surface area (Å²) in [6.45, 7) is 3.47. The monoisotopic (exact) mass is 370 g/mol. The maximum absolute atomic E-state index is 12.6. The first-order chi connectivity index (χ1) is 13.6. The standard InChI is InChI=1S/C24H22N2O2/c1-16-19-12-13-26(24(27)28-18-8-4-3-5-9-18)15-17(19)14-21-20-10-6-7-11-22(20)25(2)23(16)21/h3-11,14H,12-13,15H2,1-2H3. The summed E-state index contributed by atoms with van der Waals surface area (Å²) in [5.74, 6) is 0.582. The summed E-state index contributed by atoms with van der Waals surface area (Å²) in [6.07, 6.45) is 0.565. The third kappa shape index (κ3) is 2.56. The molecule has 0 aliphatic carbocycles. The smallest absolute Gasteiger partial charge is 0.410 e. The van der Waals surface area contributed by atoms with Crippen LogP contribution in [0.2, 0.25) is 0 Å². The van der Waals surface area contributed by atoms with Crippen molar-refractivity contribution in [3.8, 4) is 5.75 Å². The molecule has 4 aromatic rings. The summed E-state index contributed by atoms with van der Waals surface area (Å²) in [7, 11) is 2.14. The minimum Gasteiger partial charge on any atom is -0.410 e. The van der Waals surface area contributed by atoms with Gasteiger partial charge < -0.3 is 14.2 Å². The van der Waals surface area contributed by atoms with Crippen molar-refractivity contribution < 1.29 is 9.53 Å². The first-order valence-corrected chi connectivity index (χ1v) is 9.64. The Morgan fingerprint density at radius 2 is 1.75 bits per heavy atom. The van der Waals surface area contributed by atoms with Gasteiger partial charge in [0.05, 0.1) is 5.52 Å². The van der Waals surface area contributed by atoms with Crippen LogP contribution in [0.1, 0.15) is 16.7 Å². The third-order valence-electron chi connectivity index (χ3n) is 5.86. The summed E-state index contributed by atoms with van der Waals surface area (Å²) in [4.78, 5) is 14.4. The second kappa shape index (κ2) is 6.41. The maximum Gasteiger partial charge on any atom is 0.415 e. The van der Waals surface area contributed by atoms with Crippen molar-refractivity contribution in [2.45, 2.75) is 19.9 Å². The number of para-hydroxylation sites is 2. The molecule has 0 saturated heterocycles. The number of rotatable bonds is 1. The largest absolute Gasteiger partial charge is 0.415 e. The van der Waals surface area contributed by atoms with Crippen molar-refractivity contribution >= 4 is 27.9 Å². The first-order valence-electron chi connectivity index (χ1n) is 9.64. The second-order valence-corrected chi connectivity index (χ2v) is 7.46. The molecule has 1 aliphatic rings. The first kappa shape index (κ1) is 16.9. The molecule has 1 amide bonds. The van der Waals surface area contributed by atoms with Gasteiger partial charge in [-0.3, -0.25) is 0 Å². The van der Waals surface area contributed by atoms with Crippen LogP contribution < -0.4 is 4.74 Å². The lowest BCUT2D eigenvalue weighted by atomic mass is 9.92. The molecule has 3 aromatic carbocycles. The van der Waals surface area contributed by atoms with Crippen molar-refractivity contribution in [3.63, 3.8) is 0 Å². The average molecular weight is 370 g/mol. The van der Waals surface area contributed by atoms with E-state index in [0.29, 0.717) is 18.8 Å². The van der Waals surface area contributed by atoms with Crippen LogP contribution in [0.15, 0.2) is 60.7 Å². The lowest BCUT2D eigenvalue weighted by Gasteiger charge is -2.29. The predicted molar refractivity (Wildman–Crippen MR) is 112 cm³/mol. The van der Waals surface area contributed by atoms with Crippen LogP contribution >= 0.6 is 0 Å². The molecular weight excluding hydrogens is 348 g/mol. The van der Waals surface area contributed by atoms with Gasteiger partial charge in [0.25, 0.3) is 0 Å². The fourth-order valence-electron chi connectivity index (χ4n) is 4.50. The molecule has 5 rings (SSSR count). The zero-order valence-electron chi connectivity index (χ0n) is 16.1. The van der Waals surface area contributed by atoms with E-state index in [0.717, 1.165) is 6.42 Å². The molecule has 0 bridgehead atoms. The molecule has 1 aromatic heterocycles. The van der Waals surface area contributed by atoms with E-state index in [2.05, 4.69) is 48.9 Å². The number of benzene rings is 3. The highest BCUT2D eigenvalue weighted by Gasteiger charge is 2.25. The molecule has 0 saturated carbocycles. The number of hydrogen-bond donors (Lipinski definition) is 0. The van der Waals surface area contributed by atoms with Gasteiger partial charge in [0, 0.05) is 36.4 Å². The van der Waals surface area contributed by atoms with Gasteiger partial charge in [0.15, 0.2) is 0 Å². The van der Waals surface area contributed by atoms with Crippen molar-refractivity contribution in [2.75, 3.05) is 6.54 Å². The highest BCUT2D eigenvalue weighted by Crippen LogP contribution is 2.35. The van der Waals surface area contributed by atoms with Gasteiger partial charge >= 0.3 is 6.09 Å². The van der Waals surface area contributed by atoms with Gasteiger partial charge in [-0.05, 0) is 54.3 Å². The van der Waals surface area contributed by atoms with E-state index in [1.165, 1.54) is 38.5 Å². The Hall–Kier alpha value is -3.27. The molecule has 0 atom stereocenters. The van der Waals surface area contributed by atoms with Crippen molar-refractivity contribution in [3.05, 3.63) is 77.4 Å². The quantitative estimate of drug-likeness (QED) is 0.462. The molecule has 0 N–H and O–H groups in total. The molecule has 140 valence electrons. The number of aryl methyl sites for hydroxylation is 2. The van der Waals surface area contributed by atoms with Gasteiger partial charge in [-0.25, -0.2) is 4.79 Å². The Bertz CT molecular complexity index is 1210. The van der Waals surface area contributed by atoms with Crippen LogP contribution in [0.5, 0.6) is 5.75 Å². The number of carbonyl (C=O) groups excluding carboxylic acids is 1. The minimum atomic E-state index is -0.285. The topological polar surface area (TPSA) is 34.5 Å². The van der Waals surface area contributed by atoms with E-state index in [1.54, 1.807) is 17.0 Å². The van der Waals surface area contributed by atoms with E-state index in [9.17, 15) is 4.79 Å². The van der Waals surface area contributed by atoms with Gasteiger partial charge in [-0.1, -0.05) is 36.4 Å². The second-order valence-electron chi connectivity index (χ2n) is 7.46. The van der Waals surface area contributed by atoms with Crippen LogP contribution in [0.4, 0.5) is 4.79 Å². The lowest BCUT2D eigenvalue weighted by Crippen LogP contribution is -2.38. The van der Waals surface area contributed by atoms with E-state index in [-0.39, 0.29) is 6.09 Å². The average Bonchev–Trinajstić information content (AvgIpc) is 3.01. The number of nitrogens with zero attached hydrogens (tertiary/aromatic N) is 2. The molecule has 2 heterocycles. The lowest BCUT2D eigenvalue weighted by molar-refractivity contribution is 0.147. The van der Waals surface area contributed by atoms with Gasteiger partial charge in [-0.2, -0.15) is 0 Å². The molecule has 0 radical (unpaired) electrons. The van der Waals surface area contributed by atoms with Gasteiger partial charge in [-0.15, -0.1) is 0 Å². The molecule has 28 heavy (non-hydrogen) atoms. The summed E-state index contributed by atoms with van der Waals surface area (Å²) < 4.78 is 7.83. The van der Waals surface area contributed by atoms with Crippen molar-refractivity contribution in [1.29, 1.82) is 0 Å². The summed E-state index contributed by atoms with van der Waals surface area (Å²) in [5, 5.41) is 2.52. The Labute approximate surface area is 163 Å². The Morgan fingerprint density at radius 3 is 2.57 bits per heavy atom.